The van der Waals surface area contributed by atoms with Crippen molar-refractivity contribution in [2.45, 2.75) is 27.4 Å². The van der Waals surface area contributed by atoms with Crippen molar-refractivity contribution in [2.75, 3.05) is 13.6 Å². The van der Waals surface area contributed by atoms with Crippen LogP contribution in [-0.2, 0) is 6.61 Å². The molecular formula is C18H23F2N3O3. The van der Waals surface area contributed by atoms with Crippen LogP contribution in [0.4, 0.5) is 8.78 Å². The van der Waals surface area contributed by atoms with Crippen LogP contribution in [0.25, 0.3) is 0 Å². The van der Waals surface area contributed by atoms with Crippen LogP contribution >= 0.6 is 0 Å². The van der Waals surface area contributed by atoms with Gasteiger partial charge in [-0.3, -0.25) is 9.59 Å². The molecule has 3 N–H and O–H groups in total. The second-order valence-corrected chi connectivity index (χ2v) is 4.90. The lowest BCUT2D eigenvalue weighted by Crippen LogP contribution is -2.23. The quantitative estimate of drug-likeness (QED) is 0.734. The summed E-state index contributed by atoms with van der Waals surface area (Å²) in [6.07, 6.45) is 0. The maximum atomic E-state index is 13.2. The fourth-order valence-corrected chi connectivity index (χ4v) is 2.01. The van der Waals surface area contributed by atoms with Gasteiger partial charge in [0.05, 0.1) is 0 Å². The van der Waals surface area contributed by atoms with Crippen LogP contribution in [0.2, 0.25) is 0 Å². The van der Waals surface area contributed by atoms with Crippen LogP contribution in [0, 0.1) is 11.6 Å². The van der Waals surface area contributed by atoms with Gasteiger partial charge in [0.2, 0.25) is 0 Å². The lowest BCUT2D eigenvalue weighted by atomic mass is 10.2. The predicted molar refractivity (Wildman–Crippen MR) is 94.2 cm³/mol. The first kappa shape index (κ1) is 21.1. The van der Waals surface area contributed by atoms with E-state index in [1.807, 2.05) is 13.8 Å². The minimum Gasteiger partial charge on any atom is -0.486 e. The molecule has 0 bridgehead atoms. The second-order valence-electron chi connectivity index (χ2n) is 4.90. The smallest absolute Gasteiger partial charge is 0.271 e. The van der Waals surface area contributed by atoms with E-state index in [-0.39, 0.29) is 29.7 Å². The average Bonchev–Trinajstić information content (AvgIpc) is 3.08. The number of carbonyl (C=O) groups excluding carboxylic acids is 2. The molecule has 6 nitrogen and oxygen atoms in total. The highest BCUT2D eigenvalue weighted by molar-refractivity contribution is 5.99. The van der Waals surface area contributed by atoms with Gasteiger partial charge >= 0.3 is 0 Å². The Morgan fingerprint density at radius 2 is 1.81 bits per heavy atom. The molecule has 1 aromatic carbocycles. The van der Waals surface area contributed by atoms with E-state index in [2.05, 4.69) is 15.6 Å². The average molecular weight is 367 g/mol. The van der Waals surface area contributed by atoms with Crippen molar-refractivity contribution in [3.63, 3.8) is 0 Å². The van der Waals surface area contributed by atoms with E-state index < -0.39 is 17.5 Å². The largest absolute Gasteiger partial charge is 0.486 e. The van der Waals surface area contributed by atoms with Crippen molar-refractivity contribution in [3.8, 4) is 5.75 Å². The summed E-state index contributed by atoms with van der Waals surface area (Å²) in [4.78, 5) is 26.4. The van der Waals surface area contributed by atoms with E-state index in [0.717, 1.165) is 12.1 Å². The third-order valence-electron chi connectivity index (χ3n) is 3.20. The van der Waals surface area contributed by atoms with Gasteiger partial charge < -0.3 is 20.4 Å². The maximum absolute atomic E-state index is 13.2. The Hall–Kier alpha value is -2.90. The summed E-state index contributed by atoms with van der Waals surface area (Å²) < 4.78 is 31.6. The number of nitrogens with one attached hydrogen (secondary N) is 3. The Labute approximate surface area is 150 Å². The molecule has 0 saturated carbocycles. The Kier molecular flexibility index (Phi) is 8.27. The van der Waals surface area contributed by atoms with Gasteiger partial charge in [0, 0.05) is 19.7 Å². The topological polar surface area (TPSA) is 83.2 Å². The molecule has 0 aliphatic heterocycles. The van der Waals surface area contributed by atoms with Crippen molar-refractivity contribution in [1.82, 2.24) is 15.6 Å². The molecule has 2 amide bonds. The summed E-state index contributed by atoms with van der Waals surface area (Å²) in [7, 11) is 1.44. The lowest BCUT2D eigenvalue weighted by Gasteiger charge is -2.07. The van der Waals surface area contributed by atoms with Crippen molar-refractivity contribution < 1.29 is 23.1 Å². The molecule has 0 saturated heterocycles. The number of halogens is 2. The number of amides is 2. The first-order valence-corrected chi connectivity index (χ1v) is 8.26. The van der Waals surface area contributed by atoms with E-state index in [4.69, 9.17) is 4.74 Å². The highest BCUT2D eigenvalue weighted by atomic mass is 19.2. The third kappa shape index (κ3) is 5.30. The maximum Gasteiger partial charge on any atom is 0.271 e. The van der Waals surface area contributed by atoms with Gasteiger partial charge in [-0.25, -0.2) is 8.78 Å². The molecule has 2 rings (SSSR count). The zero-order valence-corrected chi connectivity index (χ0v) is 15.2. The molecule has 0 fully saturated rings. The van der Waals surface area contributed by atoms with Crippen LogP contribution in [0.1, 0.15) is 47.3 Å². The molecule has 0 atom stereocenters. The predicted octanol–water partition coefficient (Wildman–Crippen LogP) is 3.01. The van der Waals surface area contributed by atoms with Gasteiger partial charge in [-0.15, -0.1) is 0 Å². The normalized spacial score (nSPS) is 9.77. The lowest BCUT2D eigenvalue weighted by molar-refractivity contribution is 0.0951. The van der Waals surface area contributed by atoms with Crippen LogP contribution in [0.5, 0.6) is 5.75 Å². The minimum atomic E-state index is -0.986. The number of hydrogen-bond donors (Lipinski definition) is 3. The van der Waals surface area contributed by atoms with Crippen LogP contribution in [0.15, 0.2) is 24.3 Å². The fourth-order valence-electron chi connectivity index (χ4n) is 2.01. The molecule has 26 heavy (non-hydrogen) atoms. The third-order valence-corrected chi connectivity index (χ3v) is 3.20. The van der Waals surface area contributed by atoms with E-state index in [1.165, 1.54) is 19.2 Å². The number of H-pyrrole nitrogens is 1. The standard InChI is InChI=1S/C16H17F2N3O3.C2H6/c1-3-20-15(22)12-7-13(14(21-12)16(23)19-2)24-8-9-4-5-10(17)11(18)6-9;1-2/h4-7,21H,3,8H2,1-2H3,(H,19,23)(H,20,22);1-2H3. The van der Waals surface area contributed by atoms with E-state index in [1.54, 1.807) is 6.92 Å². The number of aromatic amines is 1. The number of carbonyl (C=O) groups is 2. The fraction of sp³-hybridized carbons (Fsp3) is 0.333. The van der Waals surface area contributed by atoms with E-state index in [0.29, 0.717) is 12.1 Å². The first-order valence-electron chi connectivity index (χ1n) is 8.26. The van der Waals surface area contributed by atoms with Crippen LogP contribution in [-0.4, -0.2) is 30.4 Å². The Bertz CT molecular complexity index is 760. The molecule has 2 aromatic rings. The van der Waals surface area contributed by atoms with Crippen LogP contribution in [0.3, 0.4) is 0 Å². The highest BCUT2D eigenvalue weighted by Gasteiger charge is 2.19. The molecule has 0 aliphatic rings. The summed E-state index contributed by atoms with van der Waals surface area (Å²) in [6, 6.07) is 4.75. The molecule has 1 aromatic heterocycles. The van der Waals surface area contributed by atoms with Crippen molar-refractivity contribution in [3.05, 3.63) is 52.9 Å². The van der Waals surface area contributed by atoms with Crippen LogP contribution < -0.4 is 15.4 Å². The first-order chi connectivity index (χ1) is 12.5. The number of rotatable bonds is 6. The Morgan fingerprint density at radius 1 is 1.12 bits per heavy atom. The summed E-state index contributed by atoms with van der Waals surface area (Å²) in [6.45, 7) is 6.10. The molecule has 1 heterocycles. The summed E-state index contributed by atoms with van der Waals surface area (Å²) in [5, 5.41) is 5.03. The molecule has 0 unspecified atom stereocenters. The molecule has 0 aliphatic carbocycles. The van der Waals surface area contributed by atoms with E-state index >= 15 is 0 Å². The zero-order valence-electron chi connectivity index (χ0n) is 15.2. The van der Waals surface area contributed by atoms with Gasteiger partial charge in [0.15, 0.2) is 17.4 Å². The van der Waals surface area contributed by atoms with Gasteiger partial charge in [-0.1, -0.05) is 19.9 Å². The van der Waals surface area contributed by atoms with Gasteiger partial charge in [0.1, 0.15) is 18.0 Å². The number of aromatic nitrogens is 1. The van der Waals surface area contributed by atoms with Crippen molar-refractivity contribution in [1.29, 1.82) is 0 Å². The number of benzene rings is 1. The highest BCUT2D eigenvalue weighted by Crippen LogP contribution is 2.22. The summed E-state index contributed by atoms with van der Waals surface area (Å²) >= 11 is 0. The van der Waals surface area contributed by atoms with Gasteiger partial charge in [-0.05, 0) is 24.6 Å². The number of hydrogen-bond acceptors (Lipinski definition) is 3. The Balaban J connectivity index is 0.00000163. The van der Waals surface area contributed by atoms with Gasteiger partial charge in [-0.2, -0.15) is 0 Å². The minimum absolute atomic E-state index is 0.0707. The molecule has 0 spiro atoms. The summed E-state index contributed by atoms with van der Waals surface area (Å²) in [5.41, 5.74) is 0.620. The summed E-state index contributed by atoms with van der Waals surface area (Å²) in [5.74, 6) is -2.65. The second kappa shape index (κ2) is 10.2. The molecule has 142 valence electrons. The van der Waals surface area contributed by atoms with Crippen molar-refractivity contribution >= 4 is 11.8 Å². The molecule has 8 heteroatoms. The van der Waals surface area contributed by atoms with Gasteiger partial charge in [0.25, 0.3) is 11.8 Å². The van der Waals surface area contributed by atoms with Crippen molar-refractivity contribution in [2.24, 2.45) is 0 Å². The SMILES string of the molecule is CC.CCNC(=O)c1cc(OCc2ccc(F)c(F)c2)c(C(=O)NC)[nH]1. The molecule has 0 radical (unpaired) electrons. The Morgan fingerprint density at radius 3 is 2.38 bits per heavy atom. The zero-order chi connectivity index (χ0) is 19.7. The monoisotopic (exact) mass is 367 g/mol. The molecular weight excluding hydrogens is 344 g/mol. The number of ether oxygens (including phenoxy) is 1. The van der Waals surface area contributed by atoms with E-state index in [9.17, 15) is 18.4 Å².